The van der Waals surface area contributed by atoms with E-state index < -0.39 is 15.9 Å². The van der Waals surface area contributed by atoms with Gasteiger partial charge in [0.25, 0.3) is 15.9 Å². The highest BCUT2D eigenvalue weighted by Crippen LogP contribution is 2.24. The molecule has 0 radical (unpaired) electrons. The van der Waals surface area contributed by atoms with Gasteiger partial charge in [-0.05, 0) is 62.2 Å². The van der Waals surface area contributed by atoms with Crippen LogP contribution in [0.1, 0.15) is 27.0 Å². The number of rotatable bonds is 6. The number of nitrogens with one attached hydrogen (secondary N) is 2. The van der Waals surface area contributed by atoms with Crippen LogP contribution in [0.3, 0.4) is 0 Å². The van der Waals surface area contributed by atoms with E-state index >= 15 is 0 Å². The zero-order valence-corrected chi connectivity index (χ0v) is 18.1. The van der Waals surface area contributed by atoms with Crippen LogP contribution in [0.2, 0.25) is 0 Å². The SMILES string of the molecule is COc1cccc(NC(=O)c2ccc(C)c(S(=O)(=O)Nc3ccc(C)cc3C)c2)c1. The minimum Gasteiger partial charge on any atom is -0.497 e. The summed E-state index contributed by atoms with van der Waals surface area (Å²) < 4.78 is 33.8. The van der Waals surface area contributed by atoms with Crippen LogP contribution >= 0.6 is 0 Å². The van der Waals surface area contributed by atoms with Crippen molar-refractivity contribution in [1.29, 1.82) is 0 Å². The first-order chi connectivity index (χ1) is 14.2. The van der Waals surface area contributed by atoms with Crippen LogP contribution in [0.5, 0.6) is 5.75 Å². The van der Waals surface area contributed by atoms with Crippen molar-refractivity contribution in [1.82, 2.24) is 0 Å². The summed E-state index contributed by atoms with van der Waals surface area (Å²) in [5, 5.41) is 2.76. The van der Waals surface area contributed by atoms with Crippen LogP contribution in [-0.2, 0) is 10.0 Å². The number of methoxy groups -OCH3 is 1. The van der Waals surface area contributed by atoms with Gasteiger partial charge in [-0.2, -0.15) is 0 Å². The Morgan fingerprint density at radius 2 is 1.67 bits per heavy atom. The number of carbonyl (C=O) groups excluding carboxylic acids is 1. The topological polar surface area (TPSA) is 84.5 Å². The Bertz CT molecular complexity index is 1200. The lowest BCUT2D eigenvalue weighted by Gasteiger charge is -2.14. The molecule has 3 aromatic rings. The van der Waals surface area contributed by atoms with Crippen molar-refractivity contribution in [3.05, 3.63) is 82.9 Å². The number of aryl methyl sites for hydroxylation is 3. The first-order valence-electron chi connectivity index (χ1n) is 9.36. The molecule has 0 spiro atoms. The van der Waals surface area contributed by atoms with Crippen molar-refractivity contribution in [2.45, 2.75) is 25.7 Å². The van der Waals surface area contributed by atoms with Gasteiger partial charge in [0.2, 0.25) is 0 Å². The first kappa shape index (κ1) is 21.4. The molecule has 30 heavy (non-hydrogen) atoms. The summed E-state index contributed by atoms with van der Waals surface area (Å²) in [7, 11) is -2.33. The Balaban J connectivity index is 1.89. The maximum absolute atomic E-state index is 13.0. The number of hydrogen-bond acceptors (Lipinski definition) is 4. The Hall–Kier alpha value is -3.32. The monoisotopic (exact) mass is 424 g/mol. The molecular formula is C23H24N2O4S. The third kappa shape index (κ3) is 4.80. The van der Waals surface area contributed by atoms with Crippen molar-refractivity contribution >= 4 is 27.3 Å². The standard InChI is InChI=1S/C23H24N2O4S/c1-15-8-11-21(17(3)12-15)25-30(27,28)22-13-18(10-9-16(22)2)23(26)24-19-6-5-7-20(14-19)29-4/h5-14,25H,1-4H3,(H,24,26). The lowest BCUT2D eigenvalue weighted by Crippen LogP contribution is -2.17. The number of hydrogen-bond donors (Lipinski definition) is 2. The fourth-order valence-corrected chi connectivity index (χ4v) is 4.47. The Morgan fingerprint density at radius 3 is 2.37 bits per heavy atom. The molecule has 156 valence electrons. The molecule has 0 aliphatic carbocycles. The fourth-order valence-electron chi connectivity index (χ4n) is 3.06. The smallest absolute Gasteiger partial charge is 0.262 e. The number of sulfonamides is 1. The first-order valence-corrected chi connectivity index (χ1v) is 10.8. The largest absolute Gasteiger partial charge is 0.497 e. The van der Waals surface area contributed by atoms with Gasteiger partial charge in [0.15, 0.2) is 0 Å². The quantitative estimate of drug-likeness (QED) is 0.602. The van der Waals surface area contributed by atoms with Crippen LogP contribution in [0, 0.1) is 20.8 Å². The van der Waals surface area contributed by atoms with Crippen LogP contribution in [0.4, 0.5) is 11.4 Å². The van der Waals surface area contributed by atoms with Crippen LogP contribution in [-0.4, -0.2) is 21.4 Å². The average molecular weight is 425 g/mol. The zero-order valence-electron chi connectivity index (χ0n) is 17.3. The summed E-state index contributed by atoms with van der Waals surface area (Å²) in [5.41, 5.74) is 3.71. The molecule has 0 atom stereocenters. The highest BCUT2D eigenvalue weighted by Gasteiger charge is 2.20. The number of carbonyl (C=O) groups is 1. The molecule has 0 fully saturated rings. The minimum absolute atomic E-state index is 0.0563. The van der Waals surface area contributed by atoms with Gasteiger partial charge in [-0.3, -0.25) is 9.52 Å². The summed E-state index contributed by atoms with van der Waals surface area (Å²) in [4.78, 5) is 12.7. The molecule has 0 unspecified atom stereocenters. The number of amides is 1. The van der Waals surface area contributed by atoms with E-state index in [1.54, 1.807) is 56.5 Å². The second-order valence-corrected chi connectivity index (χ2v) is 8.74. The highest BCUT2D eigenvalue weighted by atomic mass is 32.2. The molecule has 7 heteroatoms. The van der Waals surface area contributed by atoms with E-state index in [-0.39, 0.29) is 10.5 Å². The summed E-state index contributed by atoms with van der Waals surface area (Å²) >= 11 is 0. The van der Waals surface area contributed by atoms with E-state index in [1.165, 1.54) is 6.07 Å². The van der Waals surface area contributed by atoms with Gasteiger partial charge in [-0.15, -0.1) is 0 Å². The molecule has 2 N–H and O–H groups in total. The van der Waals surface area contributed by atoms with Gasteiger partial charge in [-0.25, -0.2) is 8.42 Å². The predicted octanol–water partition coefficient (Wildman–Crippen LogP) is 4.67. The molecule has 3 rings (SSSR count). The van der Waals surface area contributed by atoms with Gasteiger partial charge in [0.1, 0.15) is 5.75 Å². The number of anilines is 2. The van der Waals surface area contributed by atoms with Crippen molar-refractivity contribution in [2.24, 2.45) is 0 Å². The van der Waals surface area contributed by atoms with Crippen molar-refractivity contribution in [3.8, 4) is 5.75 Å². The fraction of sp³-hybridized carbons (Fsp3) is 0.174. The molecule has 0 aliphatic heterocycles. The molecule has 0 heterocycles. The lowest BCUT2D eigenvalue weighted by atomic mass is 10.1. The van der Waals surface area contributed by atoms with E-state index in [0.29, 0.717) is 22.7 Å². The van der Waals surface area contributed by atoms with Gasteiger partial charge < -0.3 is 10.1 Å². The third-order valence-corrected chi connectivity index (χ3v) is 6.20. The summed E-state index contributed by atoms with van der Waals surface area (Å²) in [5.74, 6) is 0.198. The van der Waals surface area contributed by atoms with Crippen LogP contribution in [0.15, 0.2) is 65.6 Å². The van der Waals surface area contributed by atoms with E-state index in [1.807, 2.05) is 26.0 Å². The molecule has 0 aromatic heterocycles. The predicted molar refractivity (Wildman–Crippen MR) is 119 cm³/mol. The molecule has 0 saturated carbocycles. The second kappa shape index (κ2) is 8.59. The normalized spacial score (nSPS) is 11.1. The Kier molecular flexibility index (Phi) is 6.12. The molecule has 1 amide bonds. The molecular weight excluding hydrogens is 400 g/mol. The average Bonchev–Trinajstić information content (AvgIpc) is 2.70. The Morgan fingerprint density at radius 1 is 0.900 bits per heavy atom. The summed E-state index contributed by atoms with van der Waals surface area (Å²) in [6, 6.07) is 17.0. The third-order valence-electron chi connectivity index (χ3n) is 4.69. The van der Waals surface area contributed by atoms with Crippen LogP contribution < -0.4 is 14.8 Å². The second-order valence-electron chi connectivity index (χ2n) is 7.09. The summed E-state index contributed by atoms with van der Waals surface area (Å²) in [6.07, 6.45) is 0. The van der Waals surface area contributed by atoms with E-state index in [2.05, 4.69) is 10.0 Å². The van der Waals surface area contributed by atoms with Crippen molar-refractivity contribution < 1.29 is 17.9 Å². The van der Waals surface area contributed by atoms with Gasteiger partial charge >= 0.3 is 0 Å². The number of benzene rings is 3. The molecule has 3 aromatic carbocycles. The van der Waals surface area contributed by atoms with Crippen molar-refractivity contribution in [2.75, 3.05) is 17.1 Å². The maximum atomic E-state index is 13.0. The molecule has 0 aliphatic rings. The van der Waals surface area contributed by atoms with Gasteiger partial charge in [-0.1, -0.05) is 29.8 Å². The van der Waals surface area contributed by atoms with E-state index in [9.17, 15) is 13.2 Å². The van der Waals surface area contributed by atoms with Crippen LogP contribution in [0.25, 0.3) is 0 Å². The lowest BCUT2D eigenvalue weighted by molar-refractivity contribution is 0.102. The van der Waals surface area contributed by atoms with Gasteiger partial charge in [0.05, 0.1) is 17.7 Å². The molecule has 6 nitrogen and oxygen atoms in total. The molecule has 0 bridgehead atoms. The minimum atomic E-state index is -3.87. The Labute approximate surface area is 177 Å². The highest BCUT2D eigenvalue weighted by molar-refractivity contribution is 7.92. The zero-order chi connectivity index (χ0) is 21.9. The number of ether oxygens (including phenoxy) is 1. The summed E-state index contributed by atoms with van der Waals surface area (Å²) in [6.45, 7) is 5.48. The van der Waals surface area contributed by atoms with E-state index in [0.717, 1.165) is 11.1 Å². The maximum Gasteiger partial charge on any atom is 0.262 e. The molecule has 0 saturated heterocycles. The van der Waals surface area contributed by atoms with E-state index in [4.69, 9.17) is 4.74 Å². The van der Waals surface area contributed by atoms with Gasteiger partial charge in [0, 0.05) is 17.3 Å². The van der Waals surface area contributed by atoms with Crippen molar-refractivity contribution in [3.63, 3.8) is 0 Å².